The molecule has 0 aromatic carbocycles. The lowest BCUT2D eigenvalue weighted by atomic mass is 10.00. The van der Waals surface area contributed by atoms with Crippen LogP contribution in [0.1, 0.15) is 16.9 Å². The molecule has 2 saturated heterocycles. The number of carbonyl (C=O) groups excluding carboxylic acids is 2. The third kappa shape index (κ3) is 3.14. The molecule has 6 nitrogen and oxygen atoms in total. The molecular formula is C16H15F3N4O2S. The van der Waals surface area contributed by atoms with Gasteiger partial charge in [-0.25, -0.2) is 4.98 Å². The largest absolute Gasteiger partial charge is 0.471 e. The molecule has 2 aromatic heterocycles. The lowest BCUT2D eigenvalue weighted by Crippen LogP contribution is -2.43. The lowest BCUT2D eigenvalue weighted by Gasteiger charge is -2.22. The van der Waals surface area contributed by atoms with Crippen LogP contribution in [0.3, 0.4) is 0 Å². The van der Waals surface area contributed by atoms with E-state index >= 15 is 0 Å². The summed E-state index contributed by atoms with van der Waals surface area (Å²) in [6.45, 7) is 2.85. The number of rotatable bonds is 3. The van der Waals surface area contributed by atoms with E-state index in [1.807, 2.05) is 5.32 Å². The van der Waals surface area contributed by atoms with Gasteiger partial charge in [0.2, 0.25) is 0 Å². The van der Waals surface area contributed by atoms with Gasteiger partial charge in [-0.2, -0.15) is 13.2 Å². The van der Waals surface area contributed by atoms with Gasteiger partial charge in [0.05, 0.1) is 10.4 Å². The summed E-state index contributed by atoms with van der Waals surface area (Å²) in [5, 5.41) is 6.58. The Morgan fingerprint density at radius 3 is 2.77 bits per heavy atom. The highest BCUT2D eigenvalue weighted by molar-refractivity contribution is 7.17. The molecule has 2 N–H and O–H groups in total. The maximum absolute atomic E-state index is 12.5. The molecule has 0 saturated carbocycles. The topological polar surface area (TPSA) is 74.3 Å². The molecule has 0 aliphatic carbocycles. The molecule has 4 rings (SSSR count). The molecule has 2 aliphatic rings. The van der Waals surface area contributed by atoms with Crippen LogP contribution in [0, 0.1) is 5.92 Å². The predicted molar refractivity (Wildman–Crippen MR) is 90.1 cm³/mol. The van der Waals surface area contributed by atoms with E-state index in [9.17, 15) is 22.8 Å². The second-order valence-corrected chi connectivity index (χ2v) is 7.47. The normalized spacial score (nSPS) is 24.8. The van der Waals surface area contributed by atoms with Gasteiger partial charge < -0.3 is 15.5 Å². The molecule has 2 aromatic rings. The summed E-state index contributed by atoms with van der Waals surface area (Å²) in [6, 6.07) is 1.49. The van der Waals surface area contributed by atoms with Crippen molar-refractivity contribution in [3.63, 3.8) is 0 Å². The highest BCUT2D eigenvalue weighted by Crippen LogP contribution is 2.32. The molecule has 10 heteroatoms. The first-order valence-corrected chi connectivity index (χ1v) is 8.98. The van der Waals surface area contributed by atoms with Crippen LogP contribution < -0.4 is 10.6 Å². The second-order valence-electron chi connectivity index (χ2n) is 6.56. The molecule has 3 unspecified atom stereocenters. The number of alkyl halides is 3. The standard InChI is InChI=1S/C16H15F3N4O2S/c17-16(18,19)15(25)22-12-7-26-13-4-20-10(3-9(12)13)14(24)21-11-6-23-2-1-8(11)5-23/h3-4,7-8,11H,1-2,5-6H2,(H,21,24)(H,22,25). The third-order valence-corrected chi connectivity index (χ3v) is 5.78. The van der Waals surface area contributed by atoms with Crippen LogP contribution in [0.2, 0.25) is 0 Å². The number of carbonyl (C=O) groups is 2. The summed E-state index contributed by atoms with van der Waals surface area (Å²) in [4.78, 5) is 30.0. The van der Waals surface area contributed by atoms with Gasteiger partial charge in [0.1, 0.15) is 5.69 Å². The van der Waals surface area contributed by atoms with Crippen LogP contribution in [-0.4, -0.2) is 53.6 Å². The Morgan fingerprint density at radius 2 is 2.12 bits per heavy atom. The Labute approximate surface area is 150 Å². The van der Waals surface area contributed by atoms with Gasteiger partial charge in [-0.1, -0.05) is 0 Å². The maximum Gasteiger partial charge on any atom is 0.471 e. The Kier molecular flexibility index (Phi) is 4.11. The van der Waals surface area contributed by atoms with Crippen LogP contribution >= 0.6 is 11.3 Å². The molecule has 0 radical (unpaired) electrons. The van der Waals surface area contributed by atoms with Crippen LogP contribution in [0.25, 0.3) is 10.1 Å². The van der Waals surface area contributed by atoms with Gasteiger partial charge >= 0.3 is 12.1 Å². The summed E-state index contributed by atoms with van der Waals surface area (Å²) < 4.78 is 38.0. The highest BCUT2D eigenvalue weighted by Gasteiger charge is 2.40. The number of thiophene rings is 1. The van der Waals surface area contributed by atoms with E-state index in [0.717, 1.165) is 37.4 Å². The number of amides is 2. The average Bonchev–Trinajstić information content (AvgIpc) is 3.29. The first-order chi connectivity index (χ1) is 12.3. The zero-order valence-corrected chi connectivity index (χ0v) is 14.3. The van der Waals surface area contributed by atoms with Crippen molar-refractivity contribution >= 4 is 38.9 Å². The smallest absolute Gasteiger partial charge is 0.346 e. The monoisotopic (exact) mass is 384 g/mol. The SMILES string of the molecule is O=C(NC1CN2CCC1C2)c1cc2c(NC(=O)C(F)(F)F)csc2cn1. The molecule has 138 valence electrons. The number of piperidine rings is 1. The predicted octanol–water partition coefficient (Wildman–Crippen LogP) is 2.23. The molecule has 2 aliphatic heterocycles. The van der Waals surface area contributed by atoms with E-state index in [1.54, 1.807) is 0 Å². The van der Waals surface area contributed by atoms with Crippen LogP contribution in [-0.2, 0) is 4.79 Å². The molecule has 0 spiro atoms. The quantitative estimate of drug-likeness (QED) is 0.851. The zero-order valence-electron chi connectivity index (χ0n) is 13.5. The van der Waals surface area contributed by atoms with Gasteiger partial charge in [0, 0.05) is 36.1 Å². The molecule has 26 heavy (non-hydrogen) atoms. The van der Waals surface area contributed by atoms with E-state index in [-0.39, 0.29) is 23.3 Å². The van der Waals surface area contributed by atoms with Gasteiger partial charge in [-0.05, 0) is 24.9 Å². The van der Waals surface area contributed by atoms with Gasteiger partial charge in [-0.3, -0.25) is 9.59 Å². The summed E-state index contributed by atoms with van der Waals surface area (Å²) in [6.07, 6.45) is -2.49. The van der Waals surface area contributed by atoms with Gasteiger partial charge in [0.15, 0.2) is 0 Å². The third-order valence-electron chi connectivity index (χ3n) is 4.85. The summed E-state index contributed by atoms with van der Waals surface area (Å²) in [5.74, 6) is -1.97. The minimum Gasteiger partial charge on any atom is -0.346 e. The van der Waals surface area contributed by atoms with Crippen molar-refractivity contribution in [1.29, 1.82) is 0 Å². The van der Waals surface area contributed by atoms with Crippen molar-refractivity contribution in [1.82, 2.24) is 15.2 Å². The van der Waals surface area contributed by atoms with E-state index in [2.05, 4.69) is 15.2 Å². The van der Waals surface area contributed by atoms with Crippen molar-refractivity contribution in [3.05, 3.63) is 23.3 Å². The Balaban J connectivity index is 1.54. The van der Waals surface area contributed by atoms with E-state index in [1.165, 1.54) is 17.6 Å². The minimum absolute atomic E-state index is 0.0230. The number of hydrogen-bond donors (Lipinski definition) is 2. The Bertz CT molecular complexity index is 882. The number of hydrogen-bond acceptors (Lipinski definition) is 5. The van der Waals surface area contributed by atoms with E-state index < -0.39 is 12.1 Å². The molecule has 2 amide bonds. The first kappa shape index (κ1) is 17.2. The second kappa shape index (κ2) is 6.20. The van der Waals surface area contributed by atoms with Crippen molar-refractivity contribution in [2.24, 2.45) is 5.92 Å². The molecule has 2 fully saturated rings. The molecule has 2 bridgehead atoms. The first-order valence-electron chi connectivity index (χ1n) is 8.10. The van der Waals surface area contributed by atoms with Crippen molar-refractivity contribution in [3.8, 4) is 0 Å². The number of aromatic nitrogens is 1. The van der Waals surface area contributed by atoms with Gasteiger partial charge in [0.25, 0.3) is 5.91 Å². The van der Waals surface area contributed by atoms with E-state index in [0.29, 0.717) is 16.0 Å². The van der Waals surface area contributed by atoms with Crippen LogP contribution in [0.5, 0.6) is 0 Å². The van der Waals surface area contributed by atoms with Gasteiger partial charge in [-0.15, -0.1) is 11.3 Å². The number of halogens is 3. The number of nitrogens with one attached hydrogen (secondary N) is 2. The molecule has 4 heterocycles. The zero-order chi connectivity index (χ0) is 18.5. The minimum atomic E-state index is -4.97. The van der Waals surface area contributed by atoms with Crippen molar-refractivity contribution < 1.29 is 22.8 Å². The van der Waals surface area contributed by atoms with Crippen LogP contribution in [0.4, 0.5) is 18.9 Å². The van der Waals surface area contributed by atoms with Crippen molar-refractivity contribution in [2.75, 3.05) is 25.0 Å². The average molecular weight is 384 g/mol. The fraction of sp³-hybridized carbons (Fsp3) is 0.438. The number of pyridine rings is 1. The van der Waals surface area contributed by atoms with E-state index in [4.69, 9.17) is 0 Å². The molecule has 3 atom stereocenters. The number of anilines is 1. The Morgan fingerprint density at radius 1 is 1.31 bits per heavy atom. The fourth-order valence-corrected chi connectivity index (χ4v) is 4.38. The number of fused-ring (bicyclic) bond motifs is 3. The van der Waals surface area contributed by atoms with Crippen molar-refractivity contribution in [2.45, 2.75) is 18.6 Å². The number of nitrogens with zero attached hydrogens (tertiary/aromatic N) is 2. The summed E-state index contributed by atoms with van der Waals surface area (Å²) in [7, 11) is 0. The fourth-order valence-electron chi connectivity index (χ4n) is 3.54. The summed E-state index contributed by atoms with van der Waals surface area (Å²) >= 11 is 1.15. The Hall–Kier alpha value is -2.20. The lowest BCUT2D eigenvalue weighted by molar-refractivity contribution is -0.167. The van der Waals surface area contributed by atoms with Crippen LogP contribution in [0.15, 0.2) is 17.6 Å². The maximum atomic E-state index is 12.5. The summed E-state index contributed by atoms with van der Waals surface area (Å²) in [5.41, 5.74) is 0.144. The highest BCUT2D eigenvalue weighted by atomic mass is 32.1. The molecular weight excluding hydrogens is 369 g/mol.